The second kappa shape index (κ2) is 3.70. The zero-order chi connectivity index (χ0) is 10.4. The van der Waals surface area contributed by atoms with Crippen LogP contribution in [0.5, 0.6) is 0 Å². The topological polar surface area (TPSA) is 49.8 Å². The molecule has 0 aromatic rings. The highest BCUT2D eigenvalue weighted by atomic mass is 16.5. The highest BCUT2D eigenvalue weighted by Crippen LogP contribution is 2.39. The number of aliphatic hydroxyl groups excluding tert-OH is 1. The van der Waals surface area contributed by atoms with E-state index in [4.69, 9.17) is 0 Å². The first kappa shape index (κ1) is 10.0. The Kier molecular flexibility index (Phi) is 2.47. The summed E-state index contributed by atoms with van der Waals surface area (Å²) < 4.78 is 0. The fraction of sp³-hybridized carbons (Fsp3) is 1.00. The Morgan fingerprint density at radius 3 is 2.53 bits per heavy atom. The molecule has 0 aromatic heterocycles. The first-order chi connectivity index (χ1) is 7.29. The molecule has 4 heteroatoms. The van der Waals surface area contributed by atoms with Crippen molar-refractivity contribution >= 4 is 0 Å². The smallest absolute Gasteiger partial charge is 0.0820 e. The van der Waals surface area contributed by atoms with Gasteiger partial charge in [0.15, 0.2) is 0 Å². The maximum Gasteiger partial charge on any atom is 0.0820 e. The highest BCUT2D eigenvalue weighted by molar-refractivity contribution is 5.04. The van der Waals surface area contributed by atoms with Gasteiger partial charge in [-0.1, -0.05) is 12.8 Å². The lowest BCUT2D eigenvalue weighted by Gasteiger charge is -2.42. The predicted molar refractivity (Wildman–Crippen MR) is 57.0 cm³/mol. The molecule has 3 aliphatic rings. The summed E-state index contributed by atoms with van der Waals surface area (Å²) in [5, 5.41) is 23.2. The standard InChI is InChI=1S/C11H19N2O2/c14-10-6-3-7-12-8-4-1-2-5-9(8)13(15)11(10)12/h8-11,14H,1-7H2/q-1. The van der Waals surface area contributed by atoms with Crippen molar-refractivity contribution in [2.24, 2.45) is 0 Å². The van der Waals surface area contributed by atoms with E-state index in [0.717, 1.165) is 32.2 Å². The van der Waals surface area contributed by atoms with E-state index in [-0.39, 0.29) is 12.2 Å². The van der Waals surface area contributed by atoms with E-state index < -0.39 is 6.10 Å². The molecular formula is C11H19N2O2-. The molecule has 3 rings (SSSR count). The van der Waals surface area contributed by atoms with Crippen molar-refractivity contribution in [3.63, 3.8) is 0 Å². The van der Waals surface area contributed by atoms with Crippen LogP contribution in [-0.4, -0.2) is 46.0 Å². The Bertz CT molecular complexity index is 249. The number of nitrogens with zero attached hydrogens (tertiary/aromatic N) is 2. The van der Waals surface area contributed by atoms with Crippen LogP contribution in [0, 0.1) is 5.21 Å². The fourth-order valence-corrected chi connectivity index (χ4v) is 3.63. The van der Waals surface area contributed by atoms with Gasteiger partial charge in [-0.3, -0.25) is 4.90 Å². The van der Waals surface area contributed by atoms with E-state index in [1.165, 1.54) is 17.9 Å². The number of rotatable bonds is 0. The SMILES string of the molecule is [O-]N1C2CCCCC2N2CCCC(O)C12. The normalized spacial score (nSPS) is 47.6. The van der Waals surface area contributed by atoms with Crippen LogP contribution in [0.3, 0.4) is 0 Å². The quantitative estimate of drug-likeness (QED) is 0.646. The van der Waals surface area contributed by atoms with Crippen LogP contribution >= 0.6 is 0 Å². The fourth-order valence-electron chi connectivity index (χ4n) is 3.63. The maximum atomic E-state index is 12.1. The van der Waals surface area contributed by atoms with Crippen LogP contribution in [0.25, 0.3) is 0 Å². The zero-order valence-electron chi connectivity index (χ0n) is 9.01. The zero-order valence-corrected chi connectivity index (χ0v) is 9.01. The van der Waals surface area contributed by atoms with Gasteiger partial charge >= 0.3 is 0 Å². The third kappa shape index (κ3) is 1.43. The number of fused-ring (bicyclic) bond motifs is 3. The summed E-state index contributed by atoms with van der Waals surface area (Å²) in [6.07, 6.45) is 5.76. The number of hydrogen-bond donors (Lipinski definition) is 1. The second-order valence-corrected chi connectivity index (χ2v) is 5.14. The van der Waals surface area contributed by atoms with Crippen LogP contribution in [0.2, 0.25) is 0 Å². The second-order valence-electron chi connectivity index (χ2n) is 5.14. The molecule has 4 unspecified atom stereocenters. The van der Waals surface area contributed by atoms with Gasteiger partial charge in [0, 0.05) is 18.6 Å². The summed E-state index contributed by atoms with van der Waals surface area (Å²) in [5.41, 5.74) is 0. The molecule has 0 bridgehead atoms. The molecule has 4 atom stereocenters. The van der Waals surface area contributed by atoms with Gasteiger partial charge in [0.25, 0.3) is 0 Å². The largest absolute Gasteiger partial charge is 0.784 e. The van der Waals surface area contributed by atoms with Crippen molar-refractivity contribution < 1.29 is 5.11 Å². The molecule has 1 N–H and O–H groups in total. The first-order valence-electron chi connectivity index (χ1n) is 6.18. The van der Waals surface area contributed by atoms with Gasteiger partial charge in [-0.05, 0) is 25.7 Å². The third-order valence-electron chi connectivity index (χ3n) is 4.31. The van der Waals surface area contributed by atoms with Gasteiger partial charge < -0.3 is 15.4 Å². The molecule has 2 aliphatic heterocycles. The Balaban J connectivity index is 1.85. The monoisotopic (exact) mass is 211 g/mol. The molecule has 0 radical (unpaired) electrons. The van der Waals surface area contributed by atoms with Crippen LogP contribution < -0.4 is 0 Å². The summed E-state index contributed by atoms with van der Waals surface area (Å²) in [5.74, 6) is 0. The molecule has 15 heavy (non-hydrogen) atoms. The van der Waals surface area contributed by atoms with E-state index >= 15 is 0 Å². The Labute approximate surface area is 90.4 Å². The minimum absolute atomic E-state index is 0.163. The lowest BCUT2D eigenvalue weighted by atomic mass is 9.90. The van der Waals surface area contributed by atoms with Gasteiger partial charge in [-0.2, -0.15) is 0 Å². The highest BCUT2D eigenvalue weighted by Gasteiger charge is 2.47. The van der Waals surface area contributed by atoms with Crippen LogP contribution in [-0.2, 0) is 0 Å². The van der Waals surface area contributed by atoms with Gasteiger partial charge in [0.2, 0.25) is 0 Å². The van der Waals surface area contributed by atoms with Crippen molar-refractivity contribution in [2.45, 2.75) is 62.9 Å². The maximum absolute atomic E-state index is 12.1. The molecule has 1 saturated carbocycles. The van der Waals surface area contributed by atoms with Crippen LogP contribution in [0.4, 0.5) is 0 Å². The first-order valence-corrected chi connectivity index (χ1v) is 6.18. The van der Waals surface area contributed by atoms with Gasteiger partial charge in [-0.25, -0.2) is 0 Å². The summed E-state index contributed by atoms with van der Waals surface area (Å²) in [7, 11) is 0. The van der Waals surface area contributed by atoms with E-state index in [2.05, 4.69) is 4.90 Å². The van der Waals surface area contributed by atoms with Crippen molar-refractivity contribution in [3.05, 3.63) is 5.21 Å². The number of hydroxylamine groups is 2. The average Bonchev–Trinajstić information content (AvgIpc) is 2.55. The average molecular weight is 211 g/mol. The van der Waals surface area contributed by atoms with Gasteiger partial charge in [0.1, 0.15) is 0 Å². The van der Waals surface area contributed by atoms with E-state index in [1.807, 2.05) is 0 Å². The Morgan fingerprint density at radius 1 is 1.00 bits per heavy atom. The van der Waals surface area contributed by atoms with Crippen molar-refractivity contribution in [1.82, 2.24) is 9.96 Å². The molecule has 0 spiro atoms. The molecule has 1 aliphatic carbocycles. The lowest BCUT2D eigenvalue weighted by Crippen LogP contribution is -2.50. The number of aliphatic hydroxyl groups is 1. The molecule has 0 amide bonds. The lowest BCUT2D eigenvalue weighted by molar-refractivity contribution is -0.0215. The summed E-state index contributed by atoms with van der Waals surface area (Å²) in [6.45, 7) is 1.00. The Morgan fingerprint density at radius 2 is 1.73 bits per heavy atom. The van der Waals surface area contributed by atoms with E-state index in [0.29, 0.717) is 6.04 Å². The van der Waals surface area contributed by atoms with E-state index in [1.54, 1.807) is 0 Å². The van der Waals surface area contributed by atoms with E-state index in [9.17, 15) is 10.3 Å². The van der Waals surface area contributed by atoms with Crippen molar-refractivity contribution in [3.8, 4) is 0 Å². The summed E-state index contributed by atoms with van der Waals surface area (Å²) in [4.78, 5) is 2.27. The Hall–Kier alpha value is -0.160. The van der Waals surface area contributed by atoms with Gasteiger partial charge in [-0.15, -0.1) is 0 Å². The molecule has 3 fully saturated rings. The number of hydrogen-bond acceptors (Lipinski definition) is 4. The molecule has 0 aromatic carbocycles. The van der Waals surface area contributed by atoms with Crippen molar-refractivity contribution in [1.29, 1.82) is 0 Å². The predicted octanol–water partition coefficient (Wildman–Crippen LogP) is 0.894. The summed E-state index contributed by atoms with van der Waals surface area (Å²) in [6, 6.07) is 0.590. The minimum atomic E-state index is -0.429. The van der Waals surface area contributed by atoms with Gasteiger partial charge in [0.05, 0.1) is 12.3 Å². The molecule has 2 saturated heterocycles. The van der Waals surface area contributed by atoms with Crippen molar-refractivity contribution in [2.75, 3.05) is 6.54 Å². The molecule has 4 nitrogen and oxygen atoms in total. The molecule has 86 valence electrons. The molecular weight excluding hydrogens is 192 g/mol. The number of piperidine rings is 1. The minimum Gasteiger partial charge on any atom is -0.784 e. The molecule has 2 heterocycles. The third-order valence-corrected chi connectivity index (χ3v) is 4.31. The van der Waals surface area contributed by atoms with Crippen LogP contribution in [0.1, 0.15) is 38.5 Å². The summed E-state index contributed by atoms with van der Waals surface area (Å²) >= 11 is 0. The van der Waals surface area contributed by atoms with Crippen LogP contribution in [0.15, 0.2) is 0 Å².